The molecule has 11 heteroatoms. The van der Waals surface area contributed by atoms with Crippen LogP contribution in [0.4, 0.5) is 24.5 Å². The Morgan fingerprint density at radius 3 is 2.44 bits per heavy atom. The average molecular weight is 461 g/mol. The summed E-state index contributed by atoms with van der Waals surface area (Å²) in [6.07, 6.45) is -4.78. The normalized spacial score (nSPS) is 17.6. The molecule has 0 unspecified atom stereocenters. The summed E-state index contributed by atoms with van der Waals surface area (Å²) < 4.78 is 50.7. The van der Waals surface area contributed by atoms with Crippen LogP contribution in [0.1, 0.15) is 25.0 Å². The van der Waals surface area contributed by atoms with Gasteiger partial charge in [0.15, 0.2) is 23.2 Å². The molecule has 0 radical (unpaired) electrons. The number of hydrogen-bond donors (Lipinski definition) is 0. The molecule has 164 valence electrons. The monoisotopic (exact) mass is 461 g/mol. The zero-order valence-corrected chi connectivity index (χ0v) is 17.5. The van der Waals surface area contributed by atoms with E-state index in [0.29, 0.717) is 5.69 Å². The Balaban J connectivity index is 1.77. The molecule has 2 aliphatic rings. The number of carbonyl (C=O) groups is 2. The number of esters is 1. The molecular formula is C21H14F3N3O4S. The number of amides is 1. The first-order valence-electron chi connectivity index (χ1n) is 9.23. The fraction of sp³-hybridized carbons (Fsp3) is 0.238. The van der Waals surface area contributed by atoms with E-state index in [9.17, 15) is 22.8 Å². The third kappa shape index (κ3) is 3.33. The van der Waals surface area contributed by atoms with E-state index in [1.807, 2.05) is 0 Å². The molecule has 0 atom stereocenters. The second-order valence-corrected chi connectivity index (χ2v) is 7.92. The molecule has 2 aromatic carbocycles. The third-order valence-corrected chi connectivity index (χ3v) is 5.48. The van der Waals surface area contributed by atoms with Gasteiger partial charge >= 0.3 is 12.1 Å². The maximum atomic E-state index is 13.4. The van der Waals surface area contributed by atoms with E-state index in [1.165, 1.54) is 29.2 Å². The standard InChI is InChI=1S/C21H14F3N3O4S/c1-20(2)18(29)26(12-4-3-11(9-25)14(7-12)21(22,23)24)19(32)27(20)13-5-6-15-16(8-13)30-10-17(28)31-15/h3-8H,10H2,1-2H3. The Bertz CT molecular complexity index is 1220. The van der Waals surface area contributed by atoms with Crippen molar-refractivity contribution in [2.45, 2.75) is 25.6 Å². The third-order valence-electron chi connectivity index (χ3n) is 5.11. The maximum Gasteiger partial charge on any atom is 0.417 e. The van der Waals surface area contributed by atoms with Gasteiger partial charge in [-0.05, 0) is 56.4 Å². The Hall–Kier alpha value is -3.65. The van der Waals surface area contributed by atoms with Crippen LogP contribution in [0.2, 0.25) is 0 Å². The van der Waals surface area contributed by atoms with Gasteiger partial charge in [0.25, 0.3) is 5.91 Å². The van der Waals surface area contributed by atoms with E-state index in [-0.39, 0.29) is 28.9 Å². The molecule has 4 rings (SSSR count). The lowest BCUT2D eigenvalue weighted by Gasteiger charge is -2.30. The second-order valence-electron chi connectivity index (χ2n) is 7.55. The Morgan fingerprint density at radius 1 is 1.09 bits per heavy atom. The zero-order valence-electron chi connectivity index (χ0n) is 16.7. The van der Waals surface area contributed by atoms with E-state index in [0.717, 1.165) is 17.0 Å². The molecule has 2 aliphatic heterocycles. The van der Waals surface area contributed by atoms with Crippen molar-refractivity contribution in [2.24, 2.45) is 0 Å². The summed E-state index contributed by atoms with van der Waals surface area (Å²) in [6, 6.07) is 9.07. The largest absolute Gasteiger partial charge is 0.478 e. The van der Waals surface area contributed by atoms with E-state index in [2.05, 4.69) is 0 Å². The highest BCUT2D eigenvalue weighted by Crippen LogP contribution is 2.42. The second kappa shape index (κ2) is 7.20. The predicted octanol–water partition coefficient (Wildman–Crippen LogP) is 3.79. The molecular weight excluding hydrogens is 447 g/mol. The molecule has 32 heavy (non-hydrogen) atoms. The molecule has 0 bridgehead atoms. The topological polar surface area (TPSA) is 82.9 Å². The molecule has 1 fully saturated rings. The molecule has 1 saturated heterocycles. The van der Waals surface area contributed by atoms with E-state index < -0.39 is 34.7 Å². The molecule has 0 aliphatic carbocycles. The van der Waals surface area contributed by atoms with Crippen molar-refractivity contribution >= 4 is 40.6 Å². The van der Waals surface area contributed by atoms with Crippen molar-refractivity contribution in [3.05, 3.63) is 47.5 Å². The van der Waals surface area contributed by atoms with Crippen molar-refractivity contribution < 1.29 is 32.2 Å². The number of alkyl halides is 3. The predicted molar refractivity (Wildman–Crippen MR) is 110 cm³/mol. The summed E-state index contributed by atoms with van der Waals surface area (Å²) in [5.74, 6) is -0.627. The number of anilines is 2. The zero-order chi connectivity index (χ0) is 23.4. The summed E-state index contributed by atoms with van der Waals surface area (Å²) in [7, 11) is 0. The smallest absolute Gasteiger partial charge is 0.417 e. The number of nitrogens with zero attached hydrogens (tertiary/aromatic N) is 3. The minimum atomic E-state index is -4.78. The van der Waals surface area contributed by atoms with Crippen LogP contribution in [0.15, 0.2) is 36.4 Å². The van der Waals surface area contributed by atoms with Crippen LogP contribution in [0.5, 0.6) is 11.5 Å². The van der Waals surface area contributed by atoms with Gasteiger partial charge in [-0.25, -0.2) is 4.79 Å². The lowest BCUT2D eigenvalue weighted by molar-refractivity contribution is -0.139. The summed E-state index contributed by atoms with van der Waals surface area (Å²) in [5, 5.41) is 8.97. The van der Waals surface area contributed by atoms with E-state index in [1.54, 1.807) is 19.9 Å². The number of halogens is 3. The number of ether oxygens (including phenoxy) is 2. The first kappa shape index (κ1) is 21.6. The molecule has 0 aromatic heterocycles. The van der Waals surface area contributed by atoms with Crippen LogP contribution in [0, 0.1) is 11.3 Å². The van der Waals surface area contributed by atoms with Crippen molar-refractivity contribution in [2.75, 3.05) is 16.4 Å². The summed E-state index contributed by atoms with van der Waals surface area (Å²) >= 11 is 5.48. The quantitative estimate of drug-likeness (QED) is 0.382. The van der Waals surface area contributed by atoms with Gasteiger partial charge in [0.2, 0.25) is 0 Å². The van der Waals surface area contributed by atoms with Gasteiger partial charge in [0.1, 0.15) is 5.54 Å². The highest BCUT2D eigenvalue weighted by molar-refractivity contribution is 7.81. The first-order valence-corrected chi connectivity index (χ1v) is 9.63. The molecule has 0 spiro atoms. The summed E-state index contributed by atoms with van der Waals surface area (Å²) in [4.78, 5) is 27.1. The van der Waals surface area contributed by atoms with Crippen molar-refractivity contribution in [3.63, 3.8) is 0 Å². The van der Waals surface area contributed by atoms with Gasteiger partial charge in [-0.1, -0.05) is 0 Å². The summed E-state index contributed by atoms with van der Waals surface area (Å²) in [5.41, 5.74) is -2.64. The van der Waals surface area contributed by atoms with Gasteiger partial charge in [-0.15, -0.1) is 0 Å². The number of thiocarbonyl (C=S) groups is 1. The van der Waals surface area contributed by atoms with E-state index in [4.69, 9.17) is 27.0 Å². The van der Waals surface area contributed by atoms with Gasteiger partial charge < -0.3 is 14.4 Å². The molecule has 1 amide bonds. The minimum absolute atomic E-state index is 0.0504. The number of nitriles is 1. The highest BCUT2D eigenvalue weighted by Gasteiger charge is 2.51. The Morgan fingerprint density at radius 2 is 1.78 bits per heavy atom. The Kier molecular flexibility index (Phi) is 4.86. The highest BCUT2D eigenvalue weighted by atomic mass is 32.1. The molecule has 7 nitrogen and oxygen atoms in total. The first-order chi connectivity index (χ1) is 14.9. The van der Waals surface area contributed by atoms with Crippen LogP contribution in [-0.4, -0.2) is 29.1 Å². The fourth-order valence-electron chi connectivity index (χ4n) is 3.58. The lowest BCUT2D eigenvalue weighted by atomic mass is 10.0. The molecule has 2 heterocycles. The number of hydrogen-bond acceptors (Lipinski definition) is 6. The van der Waals surface area contributed by atoms with Gasteiger partial charge in [0, 0.05) is 11.8 Å². The van der Waals surface area contributed by atoms with Crippen LogP contribution < -0.4 is 19.3 Å². The fourth-order valence-corrected chi connectivity index (χ4v) is 4.10. The molecule has 2 aromatic rings. The van der Waals surface area contributed by atoms with Crippen LogP contribution in [0.3, 0.4) is 0 Å². The maximum absolute atomic E-state index is 13.4. The van der Waals surface area contributed by atoms with Crippen molar-refractivity contribution in [3.8, 4) is 17.6 Å². The van der Waals surface area contributed by atoms with Gasteiger partial charge in [0.05, 0.1) is 22.9 Å². The SMILES string of the molecule is CC1(C)C(=O)N(c2ccc(C#N)c(C(F)(F)F)c2)C(=S)N1c1ccc2c(c1)OCC(=O)O2. The molecule has 0 saturated carbocycles. The van der Waals surface area contributed by atoms with Crippen LogP contribution >= 0.6 is 12.2 Å². The van der Waals surface area contributed by atoms with E-state index >= 15 is 0 Å². The average Bonchev–Trinajstić information content (AvgIpc) is 2.90. The van der Waals surface area contributed by atoms with Crippen LogP contribution in [0.25, 0.3) is 0 Å². The van der Waals surface area contributed by atoms with Crippen molar-refractivity contribution in [1.29, 1.82) is 5.26 Å². The Labute approximate surface area is 185 Å². The number of fused-ring (bicyclic) bond motifs is 1. The van der Waals surface area contributed by atoms with Crippen molar-refractivity contribution in [1.82, 2.24) is 0 Å². The minimum Gasteiger partial charge on any atom is -0.478 e. The number of rotatable bonds is 2. The lowest BCUT2D eigenvalue weighted by Crippen LogP contribution is -2.44. The van der Waals surface area contributed by atoms with Gasteiger partial charge in [-0.3, -0.25) is 9.69 Å². The molecule has 0 N–H and O–H groups in total. The van der Waals surface area contributed by atoms with Gasteiger partial charge in [-0.2, -0.15) is 18.4 Å². The number of benzene rings is 2. The summed E-state index contributed by atoms with van der Waals surface area (Å²) in [6.45, 7) is 2.88. The van der Waals surface area contributed by atoms with Crippen LogP contribution in [-0.2, 0) is 15.8 Å². The number of carbonyl (C=O) groups excluding carboxylic acids is 2.